The summed E-state index contributed by atoms with van der Waals surface area (Å²) < 4.78 is 10.4. The van der Waals surface area contributed by atoms with Gasteiger partial charge in [-0.2, -0.15) is 4.98 Å². The first kappa shape index (κ1) is 15.5. The average molecular weight is 307 g/mol. The fourth-order valence-corrected chi connectivity index (χ4v) is 3.51. The molecule has 1 aliphatic heterocycles. The Kier molecular flexibility index (Phi) is 5.08. The number of ether oxygens (including phenoxy) is 1. The van der Waals surface area contributed by atoms with Crippen molar-refractivity contribution in [3.8, 4) is 0 Å². The van der Waals surface area contributed by atoms with Gasteiger partial charge in [-0.05, 0) is 25.7 Å². The standard InChI is InChI=1S/C16H25N3O3/c1-21-11-8-14-17-15(22-18-14)12-6-9-19(10-7-12)16(20)13-4-2-3-5-13/h12-13H,2-11H2,1H3. The molecule has 3 rings (SSSR count). The molecule has 2 fully saturated rings. The Morgan fingerprint density at radius 1 is 1.27 bits per heavy atom. The number of methoxy groups -OCH3 is 1. The van der Waals surface area contributed by atoms with Gasteiger partial charge in [-0.1, -0.05) is 18.0 Å². The molecule has 0 spiro atoms. The molecule has 0 unspecified atom stereocenters. The molecule has 6 nitrogen and oxygen atoms in total. The first-order valence-electron chi connectivity index (χ1n) is 8.38. The molecule has 1 aliphatic carbocycles. The number of likely N-dealkylation sites (tertiary alicyclic amines) is 1. The van der Waals surface area contributed by atoms with Gasteiger partial charge in [0.15, 0.2) is 5.82 Å². The number of piperidine rings is 1. The maximum absolute atomic E-state index is 12.4. The number of hydrogen-bond donors (Lipinski definition) is 0. The smallest absolute Gasteiger partial charge is 0.229 e. The maximum atomic E-state index is 12.4. The number of carbonyl (C=O) groups excluding carboxylic acids is 1. The second-order valence-electron chi connectivity index (χ2n) is 6.37. The zero-order valence-corrected chi connectivity index (χ0v) is 13.3. The van der Waals surface area contributed by atoms with Gasteiger partial charge in [0.2, 0.25) is 11.8 Å². The van der Waals surface area contributed by atoms with E-state index in [0.29, 0.717) is 24.8 Å². The first-order valence-corrected chi connectivity index (χ1v) is 8.38. The van der Waals surface area contributed by atoms with E-state index in [-0.39, 0.29) is 11.8 Å². The molecule has 1 aromatic heterocycles. The van der Waals surface area contributed by atoms with E-state index in [9.17, 15) is 4.79 Å². The van der Waals surface area contributed by atoms with E-state index in [4.69, 9.17) is 9.26 Å². The zero-order valence-electron chi connectivity index (χ0n) is 13.3. The Labute approximate surface area is 131 Å². The molecular formula is C16H25N3O3. The van der Waals surface area contributed by atoms with Crippen molar-refractivity contribution in [3.05, 3.63) is 11.7 Å². The molecule has 1 aromatic rings. The fraction of sp³-hybridized carbons (Fsp3) is 0.812. The lowest BCUT2D eigenvalue weighted by Crippen LogP contribution is -2.40. The molecule has 1 saturated carbocycles. The van der Waals surface area contributed by atoms with Crippen LogP contribution in [0.25, 0.3) is 0 Å². The van der Waals surface area contributed by atoms with E-state index in [2.05, 4.69) is 10.1 Å². The van der Waals surface area contributed by atoms with Gasteiger partial charge < -0.3 is 14.2 Å². The van der Waals surface area contributed by atoms with Crippen LogP contribution in [-0.2, 0) is 16.0 Å². The van der Waals surface area contributed by atoms with Gasteiger partial charge in [0.1, 0.15) is 0 Å². The van der Waals surface area contributed by atoms with Crippen molar-refractivity contribution in [2.45, 2.75) is 50.9 Å². The SMILES string of the molecule is COCCc1noc(C2CCN(C(=O)C3CCCC3)CC2)n1. The molecular weight excluding hydrogens is 282 g/mol. The minimum absolute atomic E-state index is 0.278. The first-order chi connectivity index (χ1) is 10.8. The van der Waals surface area contributed by atoms with Crippen molar-refractivity contribution in [3.63, 3.8) is 0 Å². The van der Waals surface area contributed by atoms with Crippen molar-refractivity contribution in [2.75, 3.05) is 26.8 Å². The van der Waals surface area contributed by atoms with Gasteiger partial charge in [0.05, 0.1) is 6.61 Å². The lowest BCUT2D eigenvalue weighted by atomic mass is 9.95. The van der Waals surface area contributed by atoms with Crippen LogP contribution in [0, 0.1) is 5.92 Å². The number of carbonyl (C=O) groups is 1. The zero-order chi connectivity index (χ0) is 15.4. The second kappa shape index (κ2) is 7.22. The Hall–Kier alpha value is -1.43. The van der Waals surface area contributed by atoms with Gasteiger partial charge in [-0.15, -0.1) is 0 Å². The fourth-order valence-electron chi connectivity index (χ4n) is 3.51. The second-order valence-corrected chi connectivity index (χ2v) is 6.37. The average Bonchev–Trinajstić information content (AvgIpc) is 3.24. The molecule has 2 heterocycles. The van der Waals surface area contributed by atoms with E-state index in [0.717, 1.165) is 44.7 Å². The molecule has 1 saturated heterocycles. The summed E-state index contributed by atoms with van der Waals surface area (Å²) in [6.07, 6.45) is 7.09. The molecule has 22 heavy (non-hydrogen) atoms. The highest BCUT2D eigenvalue weighted by atomic mass is 16.5. The number of hydrogen-bond acceptors (Lipinski definition) is 5. The van der Waals surface area contributed by atoms with Gasteiger partial charge in [0, 0.05) is 38.5 Å². The largest absolute Gasteiger partial charge is 0.384 e. The predicted octanol–water partition coefficient (Wildman–Crippen LogP) is 2.15. The molecule has 0 N–H and O–H groups in total. The quantitative estimate of drug-likeness (QED) is 0.834. The summed E-state index contributed by atoms with van der Waals surface area (Å²) in [4.78, 5) is 18.9. The molecule has 6 heteroatoms. The van der Waals surface area contributed by atoms with Crippen molar-refractivity contribution < 1.29 is 14.1 Å². The highest BCUT2D eigenvalue weighted by Crippen LogP contribution is 2.31. The molecule has 0 radical (unpaired) electrons. The number of aromatic nitrogens is 2. The molecule has 122 valence electrons. The van der Waals surface area contributed by atoms with Gasteiger partial charge in [0.25, 0.3) is 0 Å². The third kappa shape index (κ3) is 3.48. The Bertz CT molecular complexity index is 489. The summed E-state index contributed by atoms with van der Waals surface area (Å²) in [5.74, 6) is 2.36. The van der Waals surface area contributed by atoms with Crippen LogP contribution in [0.5, 0.6) is 0 Å². The molecule has 0 bridgehead atoms. The van der Waals surface area contributed by atoms with E-state index in [1.165, 1.54) is 12.8 Å². The van der Waals surface area contributed by atoms with E-state index >= 15 is 0 Å². The van der Waals surface area contributed by atoms with Crippen molar-refractivity contribution in [1.29, 1.82) is 0 Å². The van der Waals surface area contributed by atoms with Gasteiger partial charge >= 0.3 is 0 Å². The summed E-state index contributed by atoms with van der Waals surface area (Å²) in [5.41, 5.74) is 0. The minimum atomic E-state index is 0.278. The summed E-state index contributed by atoms with van der Waals surface area (Å²) in [6, 6.07) is 0. The topological polar surface area (TPSA) is 68.5 Å². The van der Waals surface area contributed by atoms with Crippen molar-refractivity contribution >= 4 is 5.91 Å². The number of amides is 1. The van der Waals surface area contributed by atoms with Crippen LogP contribution >= 0.6 is 0 Å². The van der Waals surface area contributed by atoms with Crippen LogP contribution in [0.3, 0.4) is 0 Å². The minimum Gasteiger partial charge on any atom is -0.384 e. The van der Waals surface area contributed by atoms with Crippen LogP contribution in [0.1, 0.15) is 56.2 Å². The number of rotatable bonds is 5. The third-order valence-corrected chi connectivity index (χ3v) is 4.87. The normalized spacial score (nSPS) is 20.7. The Balaban J connectivity index is 1.50. The summed E-state index contributed by atoms with van der Waals surface area (Å²) in [6.45, 7) is 2.23. The summed E-state index contributed by atoms with van der Waals surface area (Å²) >= 11 is 0. The Morgan fingerprint density at radius 2 is 2.00 bits per heavy atom. The predicted molar refractivity (Wildman–Crippen MR) is 80.4 cm³/mol. The lowest BCUT2D eigenvalue weighted by molar-refractivity contribution is -0.136. The summed E-state index contributed by atoms with van der Waals surface area (Å²) in [5, 5.41) is 4.00. The number of nitrogens with zero attached hydrogens (tertiary/aromatic N) is 3. The van der Waals surface area contributed by atoms with Crippen LogP contribution in [0.2, 0.25) is 0 Å². The van der Waals surface area contributed by atoms with Crippen LogP contribution in [0.4, 0.5) is 0 Å². The maximum Gasteiger partial charge on any atom is 0.229 e. The van der Waals surface area contributed by atoms with E-state index < -0.39 is 0 Å². The molecule has 2 aliphatic rings. The van der Waals surface area contributed by atoms with Crippen LogP contribution in [-0.4, -0.2) is 47.8 Å². The van der Waals surface area contributed by atoms with Gasteiger partial charge in [-0.3, -0.25) is 4.79 Å². The van der Waals surface area contributed by atoms with Crippen molar-refractivity contribution in [2.24, 2.45) is 5.92 Å². The van der Waals surface area contributed by atoms with E-state index in [1.807, 2.05) is 4.90 Å². The van der Waals surface area contributed by atoms with Gasteiger partial charge in [-0.25, -0.2) is 0 Å². The monoisotopic (exact) mass is 307 g/mol. The molecule has 0 atom stereocenters. The molecule has 0 aromatic carbocycles. The summed E-state index contributed by atoms with van der Waals surface area (Å²) in [7, 11) is 1.66. The van der Waals surface area contributed by atoms with Crippen LogP contribution < -0.4 is 0 Å². The van der Waals surface area contributed by atoms with Crippen LogP contribution in [0.15, 0.2) is 4.52 Å². The van der Waals surface area contributed by atoms with Crippen molar-refractivity contribution in [1.82, 2.24) is 15.0 Å². The van der Waals surface area contributed by atoms with E-state index in [1.54, 1.807) is 7.11 Å². The molecule has 1 amide bonds. The highest BCUT2D eigenvalue weighted by Gasteiger charge is 2.31. The third-order valence-electron chi connectivity index (χ3n) is 4.87. The lowest BCUT2D eigenvalue weighted by Gasteiger charge is -2.32. The Morgan fingerprint density at radius 3 is 2.68 bits per heavy atom. The highest BCUT2D eigenvalue weighted by molar-refractivity contribution is 5.79.